The SMILES string of the molecule is COCC(C)NC(=O)COc1ccc(Br)cc1C(C)=O. The molecule has 0 aliphatic carbocycles. The molecule has 1 rings (SSSR count). The van der Waals surface area contributed by atoms with Crippen molar-refractivity contribution in [3.8, 4) is 5.75 Å². The molecule has 20 heavy (non-hydrogen) atoms. The molecule has 0 fully saturated rings. The third-order valence-corrected chi connectivity index (χ3v) is 3.00. The molecule has 0 saturated heterocycles. The predicted molar refractivity (Wildman–Crippen MR) is 79.1 cm³/mol. The van der Waals surface area contributed by atoms with Gasteiger partial charge in [0.2, 0.25) is 0 Å². The highest BCUT2D eigenvalue weighted by Crippen LogP contribution is 2.23. The summed E-state index contributed by atoms with van der Waals surface area (Å²) in [6, 6.07) is 5.00. The summed E-state index contributed by atoms with van der Waals surface area (Å²) in [6.45, 7) is 3.58. The van der Waals surface area contributed by atoms with Crippen LogP contribution in [-0.2, 0) is 9.53 Å². The van der Waals surface area contributed by atoms with E-state index in [1.807, 2.05) is 6.92 Å². The van der Waals surface area contributed by atoms with Crippen LogP contribution in [0.15, 0.2) is 22.7 Å². The van der Waals surface area contributed by atoms with E-state index in [9.17, 15) is 9.59 Å². The van der Waals surface area contributed by atoms with E-state index in [4.69, 9.17) is 9.47 Å². The largest absolute Gasteiger partial charge is 0.483 e. The molecule has 0 aromatic heterocycles. The highest BCUT2D eigenvalue weighted by Gasteiger charge is 2.12. The van der Waals surface area contributed by atoms with Crippen LogP contribution in [0.5, 0.6) is 5.75 Å². The Labute approximate surface area is 126 Å². The summed E-state index contributed by atoms with van der Waals surface area (Å²) in [5, 5.41) is 2.73. The number of halogens is 1. The van der Waals surface area contributed by atoms with Crippen LogP contribution in [-0.4, -0.2) is 38.1 Å². The van der Waals surface area contributed by atoms with Gasteiger partial charge < -0.3 is 14.8 Å². The van der Waals surface area contributed by atoms with Gasteiger partial charge in [-0.2, -0.15) is 0 Å². The van der Waals surface area contributed by atoms with Crippen LogP contribution in [0.1, 0.15) is 24.2 Å². The Bertz CT molecular complexity index is 490. The molecule has 6 heteroatoms. The number of nitrogens with one attached hydrogen (secondary N) is 1. The Morgan fingerprint density at radius 2 is 2.10 bits per heavy atom. The van der Waals surface area contributed by atoms with Crippen molar-refractivity contribution in [1.82, 2.24) is 5.32 Å². The maximum Gasteiger partial charge on any atom is 0.258 e. The van der Waals surface area contributed by atoms with Crippen molar-refractivity contribution in [3.63, 3.8) is 0 Å². The minimum absolute atomic E-state index is 0.0895. The molecule has 110 valence electrons. The molecule has 0 aliphatic heterocycles. The molecule has 0 spiro atoms. The van der Waals surface area contributed by atoms with Gasteiger partial charge in [-0.15, -0.1) is 0 Å². The molecule has 0 aliphatic rings. The summed E-state index contributed by atoms with van der Waals surface area (Å²) in [5.74, 6) is 0.0247. The number of rotatable bonds is 7. The smallest absolute Gasteiger partial charge is 0.258 e. The van der Waals surface area contributed by atoms with Gasteiger partial charge in [-0.05, 0) is 32.0 Å². The molecular formula is C14H18BrNO4. The standard InChI is InChI=1S/C14H18BrNO4/c1-9(7-19-3)16-14(18)8-20-13-5-4-11(15)6-12(13)10(2)17/h4-6,9H,7-8H2,1-3H3,(H,16,18). The Morgan fingerprint density at radius 1 is 1.40 bits per heavy atom. The van der Waals surface area contributed by atoms with Crippen LogP contribution in [0.2, 0.25) is 0 Å². The maximum absolute atomic E-state index is 11.7. The lowest BCUT2D eigenvalue weighted by Gasteiger charge is -2.14. The number of carbonyl (C=O) groups excluding carboxylic acids is 2. The first-order chi connectivity index (χ1) is 9.43. The molecule has 1 N–H and O–H groups in total. The maximum atomic E-state index is 11.7. The first-order valence-electron chi connectivity index (χ1n) is 6.15. The molecule has 1 atom stereocenters. The number of carbonyl (C=O) groups is 2. The molecule has 0 bridgehead atoms. The number of methoxy groups -OCH3 is 1. The monoisotopic (exact) mass is 343 g/mol. The molecular weight excluding hydrogens is 326 g/mol. The third-order valence-electron chi connectivity index (χ3n) is 2.50. The minimum Gasteiger partial charge on any atom is -0.483 e. The Hall–Kier alpha value is -1.40. The number of hydrogen-bond donors (Lipinski definition) is 1. The van der Waals surface area contributed by atoms with E-state index in [1.165, 1.54) is 6.92 Å². The summed E-state index contributed by atoms with van der Waals surface area (Å²) >= 11 is 3.29. The van der Waals surface area contributed by atoms with E-state index >= 15 is 0 Å². The number of ether oxygens (including phenoxy) is 2. The van der Waals surface area contributed by atoms with E-state index in [0.29, 0.717) is 17.9 Å². The van der Waals surface area contributed by atoms with E-state index < -0.39 is 0 Å². The predicted octanol–water partition coefficient (Wildman–Crippen LogP) is 2.18. The minimum atomic E-state index is -0.257. The van der Waals surface area contributed by atoms with Gasteiger partial charge in [0.05, 0.1) is 12.2 Å². The second-order valence-corrected chi connectivity index (χ2v) is 5.32. The second kappa shape index (κ2) is 8.01. The highest BCUT2D eigenvalue weighted by molar-refractivity contribution is 9.10. The Morgan fingerprint density at radius 3 is 2.70 bits per heavy atom. The summed E-state index contributed by atoms with van der Waals surface area (Å²) in [5.41, 5.74) is 0.442. The lowest BCUT2D eigenvalue weighted by atomic mass is 10.1. The first-order valence-corrected chi connectivity index (χ1v) is 6.95. The van der Waals surface area contributed by atoms with E-state index in [2.05, 4.69) is 21.2 Å². The van der Waals surface area contributed by atoms with Crippen LogP contribution >= 0.6 is 15.9 Å². The highest BCUT2D eigenvalue weighted by atomic mass is 79.9. The van der Waals surface area contributed by atoms with Crippen molar-refractivity contribution in [3.05, 3.63) is 28.2 Å². The fourth-order valence-electron chi connectivity index (χ4n) is 1.65. The fourth-order valence-corrected chi connectivity index (χ4v) is 2.02. The number of ketones is 1. The molecule has 0 heterocycles. The molecule has 5 nitrogen and oxygen atoms in total. The van der Waals surface area contributed by atoms with Crippen molar-refractivity contribution in [1.29, 1.82) is 0 Å². The van der Waals surface area contributed by atoms with Crippen molar-refractivity contribution < 1.29 is 19.1 Å². The molecule has 1 aromatic rings. The average Bonchev–Trinajstić information content (AvgIpc) is 2.37. The zero-order valence-corrected chi connectivity index (χ0v) is 13.3. The topological polar surface area (TPSA) is 64.6 Å². The first kappa shape index (κ1) is 16.7. The van der Waals surface area contributed by atoms with Crippen LogP contribution in [0.3, 0.4) is 0 Å². The number of Topliss-reactive ketones (excluding diaryl/α,β-unsaturated/α-hetero) is 1. The zero-order valence-electron chi connectivity index (χ0n) is 11.7. The fraction of sp³-hybridized carbons (Fsp3) is 0.429. The van der Waals surface area contributed by atoms with Crippen molar-refractivity contribution in [2.45, 2.75) is 19.9 Å². The molecule has 1 amide bonds. The summed E-state index contributed by atoms with van der Waals surface area (Å²) in [6.07, 6.45) is 0. The van der Waals surface area contributed by atoms with Gasteiger partial charge in [0.1, 0.15) is 5.75 Å². The van der Waals surface area contributed by atoms with Gasteiger partial charge in [0, 0.05) is 17.6 Å². The lowest BCUT2D eigenvalue weighted by molar-refractivity contribution is -0.124. The van der Waals surface area contributed by atoms with Crippen molar-refractivity contribution in [2.24, 2.45) is 0 Å². The average molecular weight is 344 g/mol. The van der Waals surface area contributed by atoms with Gasteiger partial charge in [-0.3, -0.25) is 9.59 Å². The van der Waals surface area contributed by atoms with Gasteiger partial charge in [0.15, 0.2) is 12.4 Å². The van der Waals surface area contributed by atoms with E-state index in [0.717, 1.165) is 4.47 Å². The third kappa shape index (κ3) is 5.30. The summed E-state index contributed by atoms with van der Waals surface area (Å²) in [4.78, 5) is 23.2. The van der Waals surface area contributed by atoms with Crippen molar-refractivity contribution >= 4 is 27.6 Å². The summed E-state index contributed by atoms with van der Waals surface area (Å²) < 4.78 is 11.1. The molecule has 1 aromatic carbocycles. The molecule has 0 radical (unpaired) electrons. The van der Waals surface area contributed by atoms with Crippen LogP contribution in [0.25, 0.3) is 0 Å². The number of hydrogen-bond acceptors (Lipinski definition) is 4. The van der Waals surface area contributed by atoms with Crippen LogP contribution in [0, 0.1) is 0 Å². The normalized spacial score (nSPS) is 11.8. The van der Waals surface area contributed by atoms with E-state index in [-0.39, 0.29) is 24.3 Å². The van der Waals surface area contributed by atoms with Crippen molar-refractivity contribution in [2.75, 3.05) is 20.3 Å². The van der Waals surface area contributed by atoms with Gasteiger partial charge in [0.25, 0.3) is 5.91 Å². The van der Waals surface area contributed by atoms with Gasteiger partial charge >= 0.3 is 0 Å². The second-order valence-electron chi connectivity index (χ2n) is 4.41. The lowest BCUT2D eigenvalue weighted by Crippen LogP contribution is -2.38. The zero-order chi connectivity index (χ0) is 15.1. The Balaban J connectivity index is 2.61. The number of amides is 1. The van der Waals surface area contributed by atoms with Gasteiger partial charge in [-0.1, -0.05) is 15.9 Å². The summed E-state index contributed by atoms with van der Waals surface area (Å²) in [7, 11) is 1.57. The molecule has 1 unspecified atom stereocenters. The van der Waals surface area contributed by atoms with Crippen LogP contribution in [0.4, 0.5) is 0 Å². The Kier molecular flexibility index (Phi) is 6.67. The quantitative estimate of drug-likeness (QED) is 0.770. The van der Waals surface area contributed by atoms with Crippen LogP contribution < -0.4 is 10.1 Å². The number of benzene rings is 1. The van der Waals surface area contributed by atoms with Gasteiger partial charge in [-0.25, -0.2) is 0 Å². The molecule has 0 saturated carbocycles. The van der Waals surface area contributed by atoms with E-state index in [1.54, 1.807) is 25.3 Å².